The molecular weight excluding hydrogens is 289 g/mol. The summed E-state index contributed by atoms with van der Waals surface area (Å²) in [5.74, 6) is 1.96. The standard InChI is InChI=1S/C15H18NO4P/c1-2-19-21(17)11-18-14-4-3-5-15(10-14)20-13-8-6-12(16)7-9-13/h3-10,17H,2,11,16H2,1H3. The zero-order valence-corrected chi connectivity index (χ0v) is 12.6. The summed E-state index contributed by atoms with van der Waals surface area (Å²) in [4.78, 5) is 9.52. The van der Waals surface area contributed by atoms with Crippen LogP contribution in [-0.2, 0) is 4.52 Å². The van der Waals surface area contributed by atoms with Gasteiger partial charge in [0.25, 0.3) is 0 Å². The highest BCUT2D eigenvalue weighted by atomic mass is 31.2. The summed E-state index contributed by atoms with van der Waals surface area (Å²) < 4.78 is 16.2. The third-order valence-electron chi connectivity index (χ3n) is 2.54. The second kappa shape index (κ2) is 7.84. The fourth-order valence-corrected chi connectivity index (χ4v) is 2.25. The van der Waals surface area contributed by atoms with Gasteiger partial charge in [-0.25, -0.2) is 0 Å². The molecule has 112 valence electrons. The molecule has 0 saturated heterocycles. The van der Waals surface area contributed by atoms with E-state index in [0.29, 0.717) is 29.5 Å². The van der Waals surface area contributed by atoms with Crippen molar-refractivity contribution in [3.8, 4) is 17.2 Å². The first-order valence-electron chi connectivity index (χ1n) is 6.53. The molecule has 0 bridgehead atoms. The molecule has 0 aliphatic heterocycles. The van der Waals surface area contributed by atoms with Crippen molar-refractivity contribution in [3.63, 3.8) is 0 Å². The molecule has 3 N–H and O–H groups in total. The molecule has 0 spiro atoms. The Morgan fingerprint density at radius 2 is 1.76 bits per heavy atom. The van der Waals surface area contributed by atoms with Gasteiger partial charge in [0.05, 0.1) is 6.61 Å². The molecule has 2 aromatic rings. The minimum atomic E-state index is -1.54. The van der Waals surface area contributed by atoms with E-state index in [0.717, 1.165) is 0 Å². The highest BCUT2D eigenvalue weighted by Crippen LogP contribution is 2.32. The van der Waals surface area contributed by atoms with E-state index in [2.05, 4.69) is 0 Å². The molecule has 0 aliphatic carbocycles. The van der Waals surface area contributed by atoms with Crippen LogP contribution in [0, 0.1) is 0 Å². The quantitative estimate of drug-likeness (QED) is 0.602. The molecular formula is C15H18NO4P. The molecule has 0 amide bonds. The third-order valence-corrected chi connectivity index (χ3v) is 3.45. The SMILES string of the molecule is CCOP(O)COc1cccc(Oc2ccc(N)cc2)c1. The number of nitrogen functional groups attached to an aromatic ring is 1. The molecule has 0 heterocycles. The van der Waals surface area contributed by atoms with E-state index in [4.69, 9.17) is 19.7 Å². The summed E-state index contributed by atoms with van der Waals surface area (Å²) >= 11 is 0. The van der Waals surface area contributed by atoms with Crippen LogP contribution in [0.1, 0.15) is 6.92 Å². The highest BCUT2D eigenvalue weighted by Gasteiger charge is 2.06. The first kappa shape index (κ1) is 15.6. The van der Waals surface area contributed by atoms with Gasteiger partial charge in [0, 0.05) is 11.8 Å². The highest BCUT2D eigenvalue weighted by molar-refractivity contribution is 7.45. The Kier molecular flexibility index (Phi) is 5.81. The van der Waals surface area contributed by atoms with Crippen LogP contribution in [0.25, 0.3) is 0 Å². The van der Waals surface area contributed by atoms with Crippen molar-refractivity contribution >= 4 is 14.1 Å². The molecule has 1 unspecified atom stereocenters. The van der Waals surface area contributed by atoms with Crippen molar-refractivity contribution in [2.45, 2.75) is 6.92 Å². The number of anilines is 1. The Bertz CT molecular complexity index is 562. The Morgan fingerprint density at radius 1 is 1.05 bits per heavy atom. The molecule has 0 saturated carbocycles. The molecule has 21 heavy (non-hydrogen) atoms. The lowest BCUT2D eigenvalue weighted by Gasteiger charge is -2.12. The lowest BCUT2D eigenvalue weighted by molar-refractivity contribution is 0.289. The zero-order valence-electron chi connectivity index (χ0n) is 11.7. The summed E-state index contributed by atoms with van der Waals surface area (Å²) in [7, 11) is -1.54. The van der Waals surface area contributed by atoms with Crippen molar-refractivity contribution in [1.29, 1.82) is 0 Å². The summed E-state index contributed by atoms with van der Waals surface area (Å²) in [5.41, 5.74) is 6.31. The Morgan fingerprint density at radius 3 is 2.48 bits per heavy atom. The van der Waals surface area contributed by atoms with Gasteiger partial charge in [0.2, 0.25) is 8.38 Å². The largest absolute Gasteiger partial charge is 0.484 e. The topological polar surface area (TPSA) is 73.9 Å². The fraction of sp³-hybridized carbons (Fsp3) is 0.200. The summed E-state index contributed by atoms with van der Waals surface area (Å²) in [6.07, 6.45) is 0.133. The number of nitrogens with two attached hydrogens (primary N) is 1. The van der Waals surface area contributed by atoms with Crippen molar-refractivity contribution < 1.29 is 18.9 Å². The first-order valence-corrected chi connectivity index (χ1v) is 7.92. The number of hydrogen-bond acceptors (Lipinski definition) is 5. The Hall–Kier alpha value is -1.81. The van der Waals surface area contributed by atoms with Crippen LogP contribution >= 0.6 is 8.38 Å². The van der Waals surface area contributed by atoms with E-state index in [9.17, 15) is 4.89 Å². The predicted molar refractivity (Wildman–Crippen MR) is 83.6 cm³/mol. The maximum atomic E-state index is 9.52. The molecule has 2 rings (SSSR count). The molecule has 0 aromatic heterocycles. The Balaban J connectivity index is 1.95. The van der Waals surface area contributed by atoms with Gasteiger partial charge >= 0.3 is 0 Å². The summed E-state index contributed by atoms with van der Waals surface area (Å²) in [6.45, 7) is 2.29. The minimum absolute atomic E-state index is 0.133. The van der Waals surface area contributed by atoms with Crippen LogP contribution in [-0.4, -0.2) is 17.8 Å². The van der Waals surface area contributed by atoms with Crippen LogP contribution in [0.3, 0.4) is 0 Å². The molecule has 6 heteroatoms. The number of ether oxygens (including phenoxy) is 2. The van der Waals surface area contributed by atoms with Gasteiger partial charge in [-0.2, -0.15) is 0 Å². The average Bonchev–Trinajstić information content (AvgIpc) is 2.48. The number of hydrogen-bond donors (Lipinski definition) is 2. The van der Waals surface area contributed by atoms with E-state index in [1.54, 1.807) is 36.4 Å². The Labute approximate surface area is 125 Å². The molecule has 1 atom stereocenters. The lowest BCUT2D eigenvalue weighted by atomic mass is 10.3. The van der Waals surface area contributed by atoms with E-state index < -0.39 is 8.38 Å². The molecule has 0 radical (unpaired) electrons. The zero-order chi connectivity index (χ0) is 15.1. The lowest BCUT2D eigenvalue weighted by Crippen LogP contribution is -1.98. The second-order valence-electron chi connectivity index (χ2n) is 4.19. The van der Waals surface area contributed by atoms with Gasteiger partial charge < -0.3 is 24.6 Å². The normalized spacial score (nSPS) is 11.9. The smallest absolute Gasteiger partial charge is 0.208 e. The summed E-state index contributed by atoms with van der Waals surface area (Å²) in [6, 6.07) is 14.3. The summed E-state index contributed by atoms with van der Waals surface area (Å²) in [5, 5.41) is 0. The van der Waals surface area contributed by atoms with E-state index in [1.807, 2.05) is 19.1 Å². The van der Waals surface area contributed by atoms with Crippen molar-refractivity contribution in [3.05, 3.63) is 48.5 Å². The minimum Gasteiger partial charge on any atom is -0.484 e. The van der Waals surface area contributed by atoms with Gasteiger partial charge in [-0.15, -0.1) is 0 Å². The maximum absolute atomic E-state index is 9.52. The average molecular weight is 307 g/mol. The predicted octanol–water partition coefficient (Wildman–Crippen LogP) is 3.74. The van der Waals surface area contributed by atoms with E-state index >= 15 is 0 Å². The van der Waals surface area contributed by atoms with E-state index in [-0.39, 0.29) is 6.35 Å². The molecule has 0 fully saturated rings. The van der Waals surface area contributed by atoms with Crippen LogP contribution in [0.5, 0.6) is 17.2 Å². The van der Waals surface area contributed by atoms with Crippen LogP contribution < -0.4 is 15.2 Å². The van der Waals surface area contributed by atoms with Crippen molar-refractivity contribution in [2.24, 2.45) is 0 Å². The fourth-order valence-electron chi connectivity index (χ4n) is 1.62. The van der Waals surface area contributed by atoms with Gasteiger partial charge in [-0.1, -0.05) is 6.07 Å². The van der Waals surface area contributed by atoms with Gasteiger partial charge in [-0.05, 0) is 43.3 Å². The molecule has 0 aliphatic rings. The van der Waals surface area contributed by atoms with Gasteiger partial charge in [-0.3, -0.25) is 0 Å². The van der Waals surface area contributed by atoms with Crippen LogP contribution in [0.2, 0.25) is 0 Å². The maximum Gasteiger partial charge on any atom is 0.208 e. The molecule has 2 aromatic carbocycles. The van der Waals surface area contributed by atoms with Crippen LogP contribution in [0.4, 0.5) is 5.69 Å². The molecule has 5 nitrogen and oxygen atoms in total. The number of rotatable bonds is 7. The van der Waals surface area contributed by atoms with Crippen LogP contribution in [0.15, 0.2) is 48.5 Å². The second-order valence-corrected chi connectivity index (χ2v) is 5.41. The van der Waals surface area contributed by atoms with Crippen molar-refractivity contribution in [1.82, 2.24) is 0 Å². The number of benzene rings is 2. The van der Waals surface area contributed by atoms with Crippen molar-refractivity contribution in [2.75, 3.05) is 18.7 Å². The first-order chi connectivity index (χ1) is 10.2. The monoisotopic (exact) mass is 307 g/mol. The van der Waals surface area contributed by atoms with Gasteiger partial charge in [0.1, 0.15) is 17.2 Å². The third kappa shape index (κ3) is 5.23. The van der Waals surface area contributed by atoms with E-state index in [1.165, 1.54) is 0 Å². The van der Waals surface area contributed by atoms with Gasteiger partial charge in [0.15, 0.2) is 6.35 Å².